The first-order chi connectivity index (χ1) is 10.7. The Morgan fingerprint density at radius 3 is 1.73 bits per heavy atom. The Labute approximate surface area is 143 Å². The van der Waals surface area contributed by atoms with Gasteiger partial charge in [0, 0.05) is 0 Å². The first kappa shape index (κ1) is 22.7. The molecule has 0 aromatic carbocycles. The standard InChI is InChI=1S/C6H14NO2.3C4H9.Sn/c1-8-6-9-5-3-2-4-7;3*1-3-4-2;/h5H,2-4,6-7H2,1H3;3*1,3-4H2,2H3;. The van der Waals surface area contributed by atoms with Crippen LogP contribution in [0.1, 0.15) is 72.1 Å². The van der Waals surface area contributed by atoms with Gasteiger partial charge < -0.3 is 0 Å². The summed E-state index contributed by atoms with van der Waals surface area (Å²) in [5.74, 6) is 0. The molecule has 134 valence electrons. The maximum atomic E-state index is 6.27. The van der Waals surface area contributed by atoms with Gasteiger partial charge in [-0.3, -0.25) is 0 Å². The second-order valence-electron chi connectivity index (χ2n) is 6.67. The normalized spacial score (nSPS) is 13.5. The van der Waals surface area contributed by atoms with Crippen LogP contribution in [0, 0.1) is 0 Å². The molecule has 0 saturated carbocycles. The molecule has 1 unspecified atom stereocenters. The van der Waals surface area contributed by atoms with E-state index in [0.717, 1.165) is 19.4 Å². The molecule has 0 fully saturated rings. The number of unbranched alkanes of at least 4 members (excludes halogenated alkanes) is 3. The van der Waals surface area contributed by atoms with Gasteiger partial charge >= 0.3 is 144 Å². The molecule has 0 spiro atoms. The van der Waals surface area contributed by atoms with Gasteiger partial charge in [0.1, 0.15) is 0 Å². The van der Waals surface area contributed by atoms with E-state index in [0.29, 0.717) is 10.9 Å². The van der Waals surface area contributed by atoms with Gasteiger partial charge in [-0.25, -0.2) is 0 Å². The number of hydrogen-bond donors (Lipinski definition) is 1. The molecule has 0 aliphatic rings. The molecule has 0 aliphatic heterocycles. The molecule has 3 nitrogen and oxygen atoms in total. The van der Waals surface area contributed by atoms with E-state index in [1.54, 1.807) is 7.11 Å². The van der Waals surface area contributed by atoms with Crippen LogP contribution in [-0.2, 0) is 9.47 Å². The molecule has 0 aliphatic carbocycles. The van der Waals surface area contributed by atoms with Gasteiger partial charge in [-0.2, -0.15) is 0 Å². The topological polar surface area (TPSA) is 44.5 Å². The monoisotopic (exact) mass is 423 g/mol. The summed E-state index contributed by atoms with van der Waals surface area (Å²) in [6.07, 6.45) is 10.3. The van der Waals surface area contributed by atoms with E-state index in [-0.39, 0.29) is 0 Å². The van der Waals surface area contributed by atoms with Crippen molar-refractivity contribution in [1.29, 1.82) is 0 Å². The van der Waals surface area contributed by atoms with Crippen molar-refractivity contribution in [2.45, 2.75) is 89.6 Å². The van der Waals surface area contributed by atoms with Gasteiger partial charge in [0.15, 0.2) is 0 Å². The third kappa shape index (κ3) is 9.09. The predicted molar refractivity (Wildman–Crippen MR) is 99.9 cm³/mol. The first-order valence-electron chi connectivity index (χ1n) is 9.51. The van der Waals surface area contributed by atoms with Gasteiger partial charge in [0.25, 0.3) is 0 Å². The molecule has 0 aromatic rings. The van der Waals surface area contributed by atoms with E-state index in [1.165, 1.54) is 51.8 Å². The molecule has 4 heteroatoms. The molecule has 0 saturated heterocycles. The summed E-state index contributed by atoms with van der Waals surface area (Å²) in [5, 5.41) is 0. The van der Waals surface area contributed by atoms with Crippen molar-refractivity contribution in [3.63, 3.8) is 0 Å². The van der Waals surface area contributed by atoms with E-state index in [4.69, 9.17) is 15.2 Å². The van der Waals surface area contributed by atoms with Crippen molar-refractivity contribution in [2.75, 3.05) is 20.4 Å². The van der Waals surface area contributed by atoms with Crippen LogP contribution in [0.4, 0.5) is 0 Å². The summed E-state index contributed by atoms with van der Waals surface area (Å²) in [5.41, 5.74) is 5.79. The third-order valence-electron chi connectivity index (χ3n) is 4.83. The van der Waals surface area contributed by atoms with Crippen molar-refractivity contribution in [2.24, 2.45) is 5.73 Å². The molecular weight excluding hydrogens is 381 g/mol. The fourth-order valence-corrected chi connectivity index (χ4v) is 21.0. The fraction of sp³-hybridized carbons (Fsp3) is 1.00. The van der Waals surface area contributed by atoms with Gasteiger partial charge in [0.2, 0.25) is 0 Å². The Kier molecular flexibility index (Phi) is 15.7. The minimum absolute atomic E-state index is 0.457. The van der Waals surface area contributed by atoms with E-state index >= 15 is 0 Å². The van der Waals surface area contributed by atoms with E-state index in [9.17, 15) is 0 Å². The average Bonchev–Trinajstić information content (AvgIpc) is 2.55. The summed E-state index contributed by atoms with van der Waals surface area (Å²) in [6, 6.07) is 0. The van der Waals surface area contributed by atoms with Crippen LogP contribution in [0.25, 0.3) is 0 Å². The molecule has 0 aromatic heterocycles. The van der Waals surface area contributed by atoms with Crippen molar-refractivity contribution in [3.8, 4) is 0 Å². The summed E-state index contributed by atoms with van der Waals surface area (Å²) < 4.78 is 16.5. The summed E-state index contributed by atoms with van der Waals surface area (Å²) >= 11 is -2.31. The Morgan fingerprint density at radius 1 is 0.864 bits per heavy atom. The SMILES string of the molecule is CCC[CH2][Sn]([CH2]CCC)([CH2]CCC)[CH](CCCN)OCOC. The Morgan fingerprint density at radius 2 is 1.36 bits per heavy atom. The van der Waals surface area contributed by atoms with Crippen molar-refractivity contribution in [3.05, 3.63) is 0 Å². The Bertz CT molecular complexity index is 209. The molecule has 1 atom stereocenters. The predicted octanol–water partition coefficient (Wildman–Crippen LogP) is 5.10. The number of hydrogen-bond acceptors (Lipinski definition) is 3. The molecular formula is C18H41NO2Sn. The molecule has 0 heterocycles. The van der Waals surface area contributed by atoms with Gasteiger partial charge in [-0.15, -0.1) is 0 Å². The van der Waals surface area contributed by atoms with Gasteiger partial charge in [-0.05, 0) is 0 Å². The second kappa shape index (κ2) is 15.2. The minimum atomic E-state index is -2.31. The molecule has 2 N–H and O–H groups in total. The van der Waals surface area contributed by atoms with E-state index < -0.39 is 18.4 Å². The number of ether oxygens (including phenoxy) is 2. The van der Waals surface area contributed by atoms with Crippen LogP contribution in [-0.4, -0.2) is 42.9 Å². The van der Waals surface area contributed by atoms with E-state index in [1.807, 2.05) is 0 Å². The fourth-order valence-electron chi connectivity index (χ4n) is 3.46. The quantitative estimate of drug-likeness (QED) is 0.278. The molecule has 0 bridgehead atoms. The molecule has 22 heavy (non-hydrogen) atoms. The maximum absolute atomic E-state index is 6.27. The summed E-state index contributed by atoms with van der Waals surface area (Å²) in [7, 11) is 1.74. The zero-order valence-electron chi connectivity index (χ0n) is 15.7. The van der Waals surface area contributed by atoms with Gasteiger partial charge in [-0.1, -0.05) is 0 Å². The number of nitrogens with two attached hydrogens (primary N) is 1. The van der Waals surface area contributed by atoms with Crippen LogP contribution in [0.5, 0.6) is 0 Å². The van der Waals surface area contributed by atoms with Crippen molar-refractivity contribution in [1.82, 2.24) is 0 Å². The molecule has 0 amide bonds. The summed E-state index contributed by atoms with van der Waals surface area (Å²) in [4.78, 5) is 0. The zero-order valence-corrected chi connectivity index (χ0v) is 18.5. The second-order valence-corrected chi connectivity index (χ2v) is 20.6. The Hall–Kier alpha value is 0.679. The van der Waals surface area contributed by atoms with Crippen LogP contribution in [0.2, 0.25) is 13.3 Å². The Balaban J connectivity index is 5.13. The first-order valence-corrected chi connectivity index (χ1v) is 17.2. The number of rotatable bonds is 16. The van der Waals surface area contributed by atoms with Crippen LogP contribution < -0.4 is 5.73 Å². The molecule has 0 radical (unpaired) electrons. The van der Waals surface area contributed by atoms with Gasteiger partial charge in [0.05, 0.1) is 0 Å². The van der Waals surface area contributed by atoms with Crippen LogP contribution in [0.15, 0.2) is 0 Å². The van der Waals surface area contributed by atoms with Crippen molar-refractivity contribution >= 4 is 18.4 Å². The average molecular weight is 422 g/mol. The zero-order chi connectivity index (χ0) is 16.7. The van der Waals surface area contributed by atoms with E-state index in [2.05, 4.69) is 20.8 Å². The van der Waals surface area contributed by atoms with Crippen LogP contribution in [0.3, 0.4) is 0 Å². The number of methoxy groups -OCH3 is 1. The van der Waals surface area contributed by atoms with Crippen LogP contribution >= 0.6 is 0 Å². The third-order valence-corrected chi connectivity index (χ3v) is 21.6. The van der Waals surface area contributed by atoms with Crippen molar-refractivity contribution < 1.29 is 9.47 Å². The molecule has 0 rings (SSSR count). The summed E-state index contributed by atoms with van der Waals surface area (Å²) in [6.45, 7) is 8.20.